The van der Waals surface area contributed by atoms with Gasteiger partial charge in [-0.1, -0.05) is 57.6 Å². The molecule has 3 unspecified atom stereocenters. The van der Waals surface area contributed by atoms with Crippen molar-refractivity contribution >= 4 is 5.97 Å². The molecule has 1 saturated carbocycles. The molecule has 0 saturated heterocycles. The van der Waals surface area contributed by atoms with Crippen LogP contribution < -0.4 is 0 Å². The highest BCUT2D eigenvalue weighted by Gasteiger charge is 2.40. The van der Waals surface area contributed by atoms with Crippen LogP contribution in [0.5, 0.6) is 0 Å². The Hall–Kier alpha value is -0.790. The van der Waals surface area contributed by atoms with Crippen molar-refractivity contribution in [1.82, 2.24) is 0 Å². The zero-order valence-corrected chi connectivity index (χ0v) is 12.3. The fourth-order valence-corrected chi connectivity index (χ4v) is 3.39. The second-order valence-electron chi connectivity index (χ2n) is 6.18. The molecule has 0 N–H and O–H groups in total. The molecule has 0 radical (unpaired) electrons. The van der Waals surface area contributed by atoms with Crippen molar-refractivity contribution < 1.29 is 9.53 Å². The number of fused-ring (bicyclic) bond motifs is 2. The summed E-state index contributed by atoms with van der Waals surface area (Å²) in [4.78, 5) is 12.0. The van der Waals surface area contributed by atoms with Gasteiger partial charge < -0.3 is 4.74 Å². The van der Waals surface area contributed by atoms with Crippen LogP contribution in [0.1, 0.15) is 64.7 Å². The predicted molar refractivity (Wildman–Crippen MR) is 77.8 cm³/mol. The van der Waals surface area contributed by atoms with Crippen LogP contribution in [0.3, 0.4) is 0 Å². The summed E-state index contributed by atoms with van der Waals surface area (Å²) in [6.07, 6.45) is 15.6. The van der Waals surface area contributed by atoms with Gasteiger partial charge in [0.05, 0.1) is 12.5 Å². The van der Waals surface area contributed by atoms with Gasteiger partial charge in [0, 0.05) is 0 Å². The van der Waals surface area contributed by atoms with Crippen molar-refractivity contribution in [3.05, 3.63) is 12.2 Å². The highest BCUT2D eigenvalue weighted by molar-refractivity contribution is 5.74. The lowest BCUT2D eigenvalue weighted by Gasteiger charge is -2.16. The molecule has 0 heterocycles. The first-order valence-corrected chi connectivity index (χ1v) is 8.16. The Labute approximate surface area is 117 Å². The first-order valence-electron chi connectivity index (χ1n) is 8.16. The number of ether oxygens (including phenoxy) is 1. The van der Waals surface area contributed by atoms with Crippen molar-refractivity contribution in [3.8, 4) is 0 Å². The SMILES string of the molecule is CCCCCCCCCOC(=O)C1CC2C=CC1C2. The number of hydrogen-bond acceptors (Lipinski definition) is 2. The molecule has 0 spiro atoms. The number of unbranched alkanes of at least 4 members (excludes halogenated alkanes) is 6. The van der Waals surface area contributed by atoms with E-state index < -0.39 is 0 Å². The van der Waals surface area contributed by atoms with Crippen LogP contribution in [0.15, 0.2) is 12.2 Å². The minimum atomic E-state index is 0.0582. The summed E-state index contributed by atoms with van der Waals surface area (Å²) in [5.41, 5.74) is 0. The maximum Gasteiger partial charge on any atom is 0.309 e. The fourth-order valence-electron chi connectivity index (χ4n) is 3.39. The van der Waals surface area contributed by atoms with E-state index in [1.165, 1.54) is 44.9 Å². The highest BCUT2D eigenvalue weighted by Crippen LogP contribution is 2.43. The van der Waals surface area contributed by atoms with E-state index in [0.29, 0.717) is 18.4 Å². The first kappa shape index (κ1) is 14.6. The summed E-state index contributed by atoms with van der Waals surface area (Å²) in [6.45, 7) is 2.87. The number of rotatable bonds is 9. The lowest BCUT2D eigenvalue weighted by Crippen LogP contribution is -2.21. The van der Waals surface area contributed by atoms with Crippen LogP contribution in [-0.2, 0) is 9.53 Å². The zero-order valence-electron chi connectivity index (χ0n) is 12.3. The zero-order chi connectivity index (χ0) is 13.5. The first-order chi connectivity index (χ1) is 9.31. The van der Waals surface area contributed by atoms with Gasteiger partial charge in [0.15, 0.2) is 0 Å². The third kappa shape index (κ3) is 4.36. The van der Waals surface area contributed by atoms with Crippen LogP contribution in [0, 0.1) is 17.8 Å². The van der Waals surface area contributed by atoms with Crippen molar-refractivity contribution in [2.75, 3.05) is 6.61 Å². The van der Waals surface area contributed by atoms with Gasteiger partial charge in [-0.05, 0) is 31.1 Å². The summed E-state index contributed by atoms with van der Waals surface area (Å²) < 4.78 is 5.43. The summed E-state index contributed by atoms with van der Waals surface area (Å²) in [5.74, 6) is 1.36. The Kier molecular flexibility index (Phi) is 5.93. The summed E-state index contributed by atoms with van der Waals surface area (Å²) in [7, 11) is 0. The molecule has 2 heteroatoms. The summed E-state index contributed by atoms with van der Waals surface area (Å²) >= 11 is 0. The second-order valence-corrected chi connectivity index (χ2v) is 6.18. The molecular formula is C17H28O2. The van der Waals surface area contributed by atoms with Crippen molar-refractivity contribution in [1.29, 1.82) is 0 Å². The van der Waals surface area contributed by atoms with Gasteiger partial charge in [0.25, 0.3) is 0 Å². The van der Waals surface area contributed by atoms with Crippen LogP contribution >= 0.6 is 0 Å². The number of carbonyl (C=O) groups is 1. The Morgan fingerprint density at radius 3 is 2.42 bits per heavy atom. The van der Waals surface area contributed by atoms with E-state index in [1.54, 1.807) is 0 Å². The molecule has 2 aliphatic rings. The molecule has 2 aliphatic carbocycles. The van der Waals surface area contributed by atoms with E-state index >= 15 is 0 Å². The molecule has 0 amide bonds. The average Bonchev–Trinajstić information content (AvgIpc) is 3.04. The molecule has 108 valence electrons. The number of allylic oxidation sites excluding steroid dienone is 2. The Balaban J connectivity index is 1.47. The van der Waals surface area contributed by atoms with Crippen molar-refractivity contribution in [3.63, 3.8) is 0 Å². The summed E-state index contributed by atoms with van der Waals surface area (Å²) in [5, 5.41) is 0. The third-order valence-corrected chi connectivity index (χ3v) is 4.57. The maximum absolute atomic E-state index is 12.0. The minimum Gasteiger partial charge on any atom is -0.465 e. The van der Waals surface area contributed by atoms with Crippen LogP contribution in [-0.4, -0.2) is 12.6 Å². The number of carbonyl (C=O) groups excluding carboxylic acids is 1. The van der Waals surface area contributed by atoms with E-state index in [4.69, 9.17) is 4.74 Å². The standard InChI is InChI=1S/C17H28O2/c1-2-3-4-5-6-7-8-11-19-17(18)16-13-14-9-10-15(16)12-14/h9-10,14-16H,2-8,11-13H2,1H3. The van der Waals surface area contributed by atoms with Crippen molar-refractivity contribution in [2.45, 2.75) is 64.7 Å². The maximum atomic E-state index is 12.0. The van der Waals surface area contributed by atoms with E-state index in [2.05, 4.69) is 19.1 Å². The Bertz CT molecular complexity index is 308. The molecule has 19 heavy (non-hydrogen) atoms. The molecule has 0 aromatic rings. The van der Waals surface area contributed by atoms with Crippen LogP contribution in [0.25, 0.3) is 0 Å². The smallest absolute Gasteiger partial charge is 0.309 e. The number of esters is 1. The predicted octanol–water partition coefficient (Wildman–Crippen LogP) is 4.49. The quantitative estimate of drug-likeness (QED) is 0.348. The van der Waals surface area contributed by atoms with Gasteiger partial charge in [0.1, 0.15) is 0 Å². The molecule has 3 atom stereocenters. The van der Waals surface area contributed by atoms with Crippen LogP contribution in [0.4, 0.5) is 0 Å². The second kappa shape index (κ2) is 7.72. The van der Waals surface area contributed by atoms with Gasteiger partial charge in [-0.25, -0.2) is 0 Å². The van der Waals surface area contributed by atoms with Gasteiger partial charge in [-0.15, -0.1) is 0 Å². The van der Waals surface area contributed by atoms with Gasteiger partial charge in [-0.2, -0.15) is 0 Å². The number of hydrogen-bond donors (Lipinski definition) is 0. The van der Waals surface area contributed by atoms with Gasteiger partial charge in [-0.3, -0.25) is 4.79 Å². The lowest BCUT2D eigenvalue weighted by molar-refractivity contribution is -0.149. The van der Waals surface area contributed by atoms with Crippen molar-refractivity contribution in [2.24, 2.45) is 17.8 Å². The lowest BCUT2D eigenvalue weighted by atomic mass is 9.94. The van der Waals surface area contributed by atoms with Crippen LogP contribution in [0.2, 0.25) is 0 Å². The van der Waals surface area contributed by atoms with E-state index in [1.807, 2.05) is 0 Å². The molecule has 0 aromatic carbocycles. The van der Waals surface area contributed by atoms with Gasteiger partial charge >= 0.3 is 5.97 Å². The molecule has 2 bridgehead atoms. The normalized spacial score (nSPS) is 27.9. The topological polar surface area (TPSA) is 26.3 Å². The molecule has 0 aromatic heterocycles. The Morgan fingerprint density at radius 1 is 1.05 bits per heavy atom. The third-order valence-electron chi connectivity index (χ3n) is 4.57. The van der Waals surface area contributed by atoms with E-state index in [-0.39, 0.29) is 11.9 Å². The molecule has 2 nitrogen and oxygen atoms in total. The van der Waals surface area contributed by atoms with Gasteiger partial charge in [0.2, 0.25) is 0 Å². The Morgan fingerprint density at radius 2 is 1.79 bits per heavy atom. The molecule has 2 rings (SSSR count). The highest BCUT2D eigenvalue weighted by atomic mass is 16.5. The minimum absolute atomic E-state index is 0.0582. The van der Waals surface area contributed by atoms with E-state index in [0.717, 1.165) is 12.8 Å². The average molecular weight is 264 g/mol. The monoisotopic (exact) mass is 264 g/mol. The molecular weight excluding hydrogens is 236 g/mol. The van der Waals surface area contributed by atoms with E-state index in [9.17, 15) is 4.79 Å². The summed E-state index contributed by atoms with van der Waals surface area (Å²) in [6, 6.07) is 0. The fraction of sp³-hybridized carbons (Fsp3) is 0.824. The molecule has 1 fully saturated rings. The molecule has 0 aliphatic heterocycles. The largest absolute Gasteiger partial charge is 0.465 e.